The Kier molecular flexibility index (Phi) is 2.26. The molecule has 1 saturated heterocycles. The van der Waals surface area contributed by atoms with Gasteiger partial charge in [-0.25, -0.2) is 4.79 Å². The summed E-state index contributed by atoms with van der Waals surface area (Å²) in [7, 11) is 0. The van der Waals surface area contributed by atoms with E-state index in [1.165, 1.54) is 4.90 Å². The highest BCUT2D eigenvalue weighted by Crippen LogP contribution is 2.18. The summed E-state index contributed by atoms with van der Waals surface area (Å²) in [4.78, 5) is 12.0. The molecule has 0 bridgehead atoms. The van der Waals surface area contributed by atoms with Crippen LogP contribution in [0.1, 0.15) is 6.42 Å². The number of H-pyrrole nitrogens is 1. The van der Waals surface area contributed by atoms with Gasteiger partial charge in [0, 0.05) is 6.54 Å². The van der Waals surface area contributed by atoms with Crippen LogP contribution in [0.3, 0.4) is 0 Å². The number of hydrogen-bond donors (Lipinski definition) is 2. The smallest absolute Gasteiger partial charge is 0.407 e. The molecule has 1 unspecified atom stereocenters. The number of aromatic nitrogens is 2. The average molecular weight is 197 g/mol. The fraction of sp³-hybridized carbons (Fsp3) is 0.500. The number of hydrogen-bond acceptors (Lipinski definition) is 3. The molecule has 2 N–H and O–H groups in total. The van der Waals surface area contributed by atoms with Crippen LogP contribution in [0.4, 0.5) is 4.79 Å². The third kappa shape index (κ3) is 1.63. The van der Waals surface area contributed by atoms with Crippen molar-refractivity contribution in [2.45, 2.75) is 12.5 Å². The molecule has 1 aromatic rings. The number of nitrogens with zero attached hydrogens (tertiary/aromatic N) is 2. The second-order valence-electron chi connectivity index (χ2n) is 3.16. The number of aromatic amines is 1. The minimum absolute atomic E-state index is 0.0117. The maximum absolute atomic E-state index is 10.6. The van der Waals surface area contributed by atoms with Gasteiger partial charge in [-0.3, -0.25) is 5.10 Å². The monoisotopic (exact) mass is 197 g/mol. The summed E-state index contributed by atoms with van der Waals surface area (Å²) in [6, 6.07) is -0.0117. The van der Waals surface area contributed by atoms with Crippen molar-refractivity contribution in [2.75, 3.05) is 13.2 Å². The lowest BCUT2D eigenvalue weighted by Gasteiger charge is -2.38. The Morgan fingerprint density at radius 2 is 2.71 bits per heavy atom. The minimum atomic E-state index is -0.878. The van der Waals surface area contributed by atoms with E-state index in [1.54, 1.807) is 12.4 Å². The number of nitrogens with one attached hydrogen (secondary N) is 1. The zero-order valence-electron chi connectivity index (χ0n) is 7.51. The molecule has 0 aliphatic carbocycles. The molecule has 76 valence electrons. The Morgan fingerprint density at radius 3 is 3.21 bits per heavy atom. The van der Waals surface area contributed by atoms with Crippen molar-refractivity contribution in [1.82, 2.24) is 15.1 Å². The third-order valence-electron chi connectivity index (χ3n) is 2.31. The predicted molar refractivity (Wildman–Crippen MR) is 47.2 cm³/mol. The maximum atomic E-state index is 10.6. The van der Waals surface area contributed by atoms with E-state index in [1.807, 2.05) is 0 Å². The summed E-state index contributed by atoms with van der Waals surface area (Å²) in [5, 5.41) is 15.0. The SMILES string of the molecule is O=C(O)N1CCC1COc1cn[nH]c1. The fourth-order valence-electron chi connectivity index (χ4n) is 1.38. The Bertz CT molecular complexity index is 312. The van der Waals surface area contributed by atoms with Gasteiger partial charge in [0.1, 0.15) is 6.61 Å². The van der Waals surface area contributed by atoms with Crippen molar-refractivity contribution in [2.24, 2.45) is 0 Å². The van der Waals surface area contributed by atoms with Gasteiger partial charge in [-0.2, -0.15) is 5.10 Å². The van der Waals surface area contributed by atoms with E-state index in [4.69, 9.17) is 9.84 Å². The number of carbonyl (C=O) groups is 1. The summed E-state index contributed by atoms with van der Waals surface area (Å²) < 4.78 is 5.33. The molecule has 2 heterocycles. The van der Waals surface area contributed by atoms with Crippen molar-refractivity contribution in [3.05, 3.63) is 12.4 Å². The van der Waals surface area contributed by atoms with E-state index in [0.717, 1.165) is 6.42 Å². The van der Waals surface area contributed by atoms with Gasteiger partial charge in [0.05, 0.1) is 18.4 Å². The van der Waals surface area contributed by atoms with Crippen LogP contribution in [-0.4, -0.2) is 45.5 Å². The first-order chi connectivity index (χ1) is 6.77. The van der Waals surface area contributed by atoms with Gasteiger partial charge in [0.15, 0.2) is 5.75 Å². The van der Waals surface area contributed by atoms with E-state index >= 15 is 0 Å². The Morgan fingerprint density at radius 1 is 1.86 bits per heavy atom. The van der Waals surface area contributed by atoms with Crippen LogP contribution >= 0.6 is 0 Å². The summed E-state index contributed by atoms with van der Waals surface area (Å²) in [5.41, 5.74) is 0. The zero-order chi connectivity index (χ0) is 9.97. The van der Waals surface area contributed by atoms with E-state index < -0.39 is 6.09 Å². The molecule has 2 rings (SSSR count). The first kappa shape index (κ1) is 8.86. The lowest BCUT2D eigenvalue weighted by atomic mass is 10.1. The van der Waals surface area contributed by atoms with Crippen molar-refractivity contribution >= 4 is 6.09 Å². The minimum Gasteiger partial charge on any atom is -0.488 e. The Labute approximate surface area is 80.5 Å². The molecule has 1 fully saturated rings. The van der Waals surface area contributed by atoms with Gasteiger partial charge < -0.3 is 14.7 Å². The molecule has 14 heavy (non-hydrogen) atoms. The quantitative estimate of drug-likeness (QED) is 0.741. The van der Waals surface area contributed by atoms with Crippen LogP contribution in [0, 0.1) is 0 Å². The molecule has 0 aromatic carbocycles. The maximum Gasteiger partial charge on any atom is 0.407 e. The Hall–Kier alpha value is -1.72. The topological polar surface area (TPSA) is 78.4 Å². The van der Waals surface area contributed by atoms with Crippen molar-refractivity contribution in [3.8, 4) is 5.75 Å². The highest BCUT2D eigenvalue weighted by molar-refractivity contribution is 5.66. The fourth-order valence-corrected chi connectivity index (χ4v) is 1.38. The molecule has 1 aliphatic heterocycles. The second-order valence-corrected chi connectivity index (χ2v) is 3.16. The van der Waals surface area contributed by atoms with Crippen LogP contribution in [-0.2, 0) is 0 Å². The molecular formula is C8H11N3O3. The molecule has 1 atom stereocenters. The number of rotatable bonds is 3. The molecule has 1 aromatic heterocycles. The standard InChI is InChI=1S/C8H11N3O3/c12-8(13)11-2-1-6(11)5-14-7-3-9-10-4-7/h3-4,6H,1-2,5H2,(H,9,10)(H,12,13). The van der Waals surface area contributed by atoms with Gasteiger partial charge in [0.2, 0.25) is 0 Å². The van der Waals surface area contributed by atoms with Crippen LogP contribution in [0.5, 0.6) is 5.75 Å². The first-order valence-electron chi connectivity index (χ1n) is 4.38. The van der Waals surface area contributed by atoms with E-state index in [2.05, 4.69) is 10.2 Å². The molecule has 6 nitrogen and oxygen atoms in total. The van der Waals surface area contributed by atoms with Crippen LogP contribution < -0.4 is 4.74 Å². The van der Waals surface area contributed by atoms with Gasteiger partial charge in [-0.05, 0) is 6.42 Å². The summed E-state index contributed by atoms with van der Waals surface area (Å²) in [5.74, 6) is 0.641. The van der Waals surface area contributed by atoms with Gasteiger partial charge in [-0.15, -0.1) is 0 Å². The Balaban J connectivity index is 1.79. The number of likely N-dealkylation sites (tertiary alicyclic amines) is 1. The molecule has 1 amide bonds. The number of ether oxygens (including phenoxy) is 1. The molecule has 0 spiro atoms. The molecule has 1 aliphatic rings. The number of amides is 1. The van der Waals surface area contributed by atoms with E-state index in [-0.39, 0.29) is 6.04 Å². The van der Waals surface area contributed by atoms with Gasteiger partial charge >= 0.3 is 6.09 Å². The summed E-state index contributed by atoms with van der Waals surface area (Å²) >= 11 is 0. The highest BCUT2D eigenvalue weighted by atomic mass is 16.5. The summed E-state index contributed by atoms with van der Waals surface area (Å²) in [6.45, 7) is 1.00. The van der Waals surface area contributed by atoms with Crippen molar-refractivity contribution in [3.63, 3.8) is 0 Å². The van der Waals surface area contributed by atoms with E-state index in [0.29, 0.717) is 18.9 Å². The van der Waals surface area contributed by atoms with Gasteiger partial charge in [0.25, 0.3) is 0 Å². The van der Waals surface area contributed by atoms with Crippen molar-refractivity contribution < 1.29 is 14.6 Å². The van der Waals surface area contributed by atoms with E-state index in [9.17, 15) is 4.79 Å². The third-order valence-corrected chi connectivity index (χ3v) is 2.31. The lowest BCUT2D eigenvalue weighted by molar-refractivity contribution is 0.0499. The molecule has 0 saturated carbocycles. The average Bonchev–Trinajstić information content (AvgIpc) is 2.53. The normalized spacial score (nSPS) is 20.3. The predicted octanol–water partition coefficient (Wildman–Crippen LogP) is 0.541. The zero-order valence-corrected chi connectivity index (χ0v) is 7.51. The number of carboxylic acid groups (broad SMARTS) is 1. The summed E-state index contributed by atoms with van der Waals surface area (Å²) in [6.07, 6.45) is 3.18. The lowest BCUT2D eigenvalue weighted by Crippen LogP contribution is -2.53. The second kappa shape index (κ2) is 3.57. The molecular weight excluding hydrogens is 186 g/mol. The van der Waals surface area contributed by atoms with Crippen LogP contribution in [0.15, 0.2) is 12.4 Å². The van der Waals surface area contributed by atoms with Gasteiger partial charge in [-0.1, -0.05) is 0 Å². The first-order valence-corrected chi connectivity index (χ1v) is 4.38. The van der Waals surface area contributed by atoms with Crippen LogP contribution in [0.25, 0.3) is 0 Å². The molecule has 0 radical (unpaired) electrons. The van der Waals surface area contributed by atoms with Crippen molar-refractivity contribution in [1.29, 1.82) is 0 Å². The highest BCUT2D eigenvalue weighted by Gasteiger charge is 2.32. The van der Waals surface area contributed by atoms with Crippen LogP contribution in [0.2, 0.25) is 0 Å². The largest absolute Gasteiger partial charge is 0.488 e. The molecule has 6 heteroatoms.